The number of halogens is 1. The van der Waals surface area contributed by atoms with Crippen molar-refractivity contribution in [2.24, 2.45) is 5.10 Å². The highest BCUT2D eigenvalue weighted by molar-refractivity contribution is 9.10. The lowest BCUT2D eigenvalue weighted by atomic mass is 9.96. The van der Waals surface area contributed by atoms with Gasteiger partial charge in [0.2, 0.25) is 0 Å². The molecule has 4 rings (SSSR count). The van der Waals surface area contributed by atoms with Gasteiger partial charge in [0.05, 0.1) is 28.7 Å². The van der Waals surface area contributed by atoms with Crippen molar-refractivity contribution in [3.63, 3.8) is 0 Å². The zero-order chi connectivity index (χ0) is 25.8. The largest absolute Gasteiger partial charge is 0.496 e. The van der Waals surface area contributed by atoms with E-state index in [9.17, 15) is 4.79 Å². The average Bonchev–Trinajstić information content (AvgIpc) is 2.87. The molecular weight excluding hydrogens is 518 g/mol. The molecule has 1 aromatic heterocycles. The first-order chi connectivity index (χ1) is 17.3. The predicted molar refractivity (Wildman–Crippen MR) is 148 cm³/mol. The van der Waals surface area contributed by atoms with Gasteiger partial charge in [-0.3, -0.25) is 4.79 Å². The molecule has 0 aliphatic heterocycles. The van der Waals surface area contributed by atoms with Crippen molar-refractivity contribution in [1.29, 1.82) is 0 Å². The number of rotatable bonds is 7. The molecule has 0 saturated carbocycles. The second-order valence-corrected chi connectivity index (χ2v) is 9.41. The summed E-state index contributed by atoms with van der Waals surface area (Å²) in [7, 11) is 1.66. The van der Waals surface area contributed by atoms with E-state index < -0.39 is 0 Å². The van der Waals surface area contributed by atoms with Gasteiger partial charge in [0, 0.05) is 5.56 Å². The van der Waals surface area contributed by atoms with Crippen molar-refractivity contribution in [1.82, 2.24) is 9.66 Å². The number of hydrogen-bond donors (Lipinski definition) is 0. The van der Waals surface area contributed by atoms with E-state index in [4.69, 9.17) is 20.9 Å². The van der Waals surface area contributed by atoms with Gasteiger partial charge in [0.25, 0.3) is 5.56 Å². The molecule has 182 valence electrons. The van der Waals surface area contributed by atoms with Gasteiger partial charge in [0.1, 0.15) is 18.1 Å². The topological polar surface area (TPSA) is 65.7 Å². The smallest absolute Gasteiger partial charge is 0.282 e. The lowest BCUT2D eigenvalue weighted by molar-refractivity contribution is 0.368. The van der Waals surface area contributed by atoms with Crippen molar-refractivity contribution in [2.75, 3.05) is 13.7 Å². The van der Waals surface area contributed by atoms with Crippen LogP contribution in [0.25, 0.3) is 22.3 Å². The zero-order valence-electron chi connectivity index (χ0n) is 20.6. The van der Waals surface area contributed by atoms with Crippen molar-refractivity contribution in [3.8, 4) is 35.2 Å². The predicted octanol–water partition coefficient (Wildman–Crippen LogP) is 6.16. The number of terminal acetylenes is 1. The van der Waals surface area contributed by atoms with Crippen molar-refractivity contribution in [3.05, 3.63) is 86.1 Å². The molecule has 0 spiro atoms. The van der Waals surface area contributed by atoms with Gasteiger partial charge in [-0.25, -0.2) is 4.98 Å². The van der Waals surface area contributed by atoms with E-state index in [1.807, 2.05) is 49.4 Å². The Morgan fingerprint density at radius 1 is 1.17 bits per heavy atom. The van der Waals surface area contributed by atoms with Crippen molar-refractivity contribution < 1.29 is 9.47 Å². The molecule has 0 unspecified atom stereocenters. The highest BCUT2D eigenvalue weighted by Gasteiger charge is 2.18. The molecule has 0 bridgehead atoms. The normalized spacial score (nSPS) is 11.2. The number of aryl methyl sites for hydroxylation is 1. The maximum Gasteiger partial charge on any atom is 0.282 e. The molecule has 0 N–H and O–H groups in total. The Morgan fingerprint density at radius 3 is 2.64 bits per heavy atom. The summed E-state index contributed by atoms with van der Waals surface area (Å²) in [5, 5.41) is 5.08. The lowest BCUT2D eigenvalue weighted by Gasteiger charge is -2.17. The van der Waals surface area contributed by atoms with Crippen LogP contribution in [0.5, 0.6) is 11.5 Å². The van der Waals surface area contributed by atoms with Crippen molar-refractivity contribution >= 4 is 33.0 Å². The summed E-state index contributed by atoms with van der Waals surface area (Å²) in [5.74, 6) is 4.57. The maximum atomic E-state index is 13.6. The van der Waals surface area contributed by atoms with Crippen LogP contribution in [-0.2, 0) is 0 Å². The SMILES string of the molecule is C#CCOc1ccc(C=Nn2c(-c3cc(C(C)C)c(OC)cc3C)nc3ccccc3c2=O)cc1Br. The zero-order valence-corrected chi connectivity index (χ0v) is 22.2. The first-order valence-electron chi connectivity index (χ1n) is 11.4. The molecule has 0 radical (unpaired) electrons. The summed E-state index contributed by atoms with van der Waals surface area (Å²) in [6, 6.07) is 16.8. The number of benzene rings is 3. The number of fused-ring (bicyclic) bond motifs is 1. The molecule has 4 aromatic rings. The minimum Gasteiger partial charge on any atom is -0.496 e. The highest BCUT2D eigenvalue weighted by Crippen LogP contribution is 2.34. The van der Waals surface area contributed by atoms with Crippen LogP contribution in [0.2, 0.25) is 0 Å². The summed E-state index contributed by atoms with van der Waals surface area (Å²) >= 11 is 3.50. The number of ether oxygens (including phenoxy) is 2. The van der Waals surface area contributed by atoms with E-state index in [1.165, 1.54) is 4.68 Å². The summed E-state index contributed by atoms with van der Waals surface area (Å²) in [5.41, 5.74) is 3.92. The van der Waals surface area contributed by atoms with Crippen LogP contribution in [0, 0.1) is 19.3 Å². The van der Waals surface area contributed by atoms with E-state index in [2.05, 4.69) is 40.8 Å². The van der Waals surface area contributed by atoms with E-state index >= 15 is 0 Å². The number of methoxy groups -OCH3 is 1. The fourth-order valence-corrected chi connectivity index (χ4v) is 4.44. The molecule has 0 saturated heterocycles. The molecule has 36 heavy (non-hydrogen) atoms. The Morgan fingerprint density at radius 2 is 1.94 bits per heavy atom. The first-order valence-corrected chi connectivity index (χ1v) is 12.2. The maximum absolute atomic E-state index is 13.6. The molecular formula is C29H26BrN3O3. The van der Waals surface area contributed by atoms with Gasteiger partial charge in [-0.1, -0.05) is 31.9 Å². The molecule has 6 nitrogen and oxygen atoms in total. The second-order valence-electron chi connectivity index (χ2n) is 8.56. The second kappa shape index (κ2) is 10.8. The first kappa shape index (κ1) is 25.2. The Balaban J connectivity index is 1.90. The van der Waals surface area contributed by atoms with Crippen LogP contribution in [0.1, 0.15) is 36.5 Å². The third-order valence-electron chi connectivity index (χ3n) is 5.78. The quantitative estimate of drug-likeness (QED) is 0.207. The minimum atomic E-state index is -0.249. The molecule has 0 atom stereocenters. The number of para-hydroxylation sites is 1. The van der Waals surface area contributed by atoms with Crippen LogP contribution >= 0.6 is 15.9 Å². The minimum absolute atomic E-state index is 0.174. The van der Waals surface area contributed by atoms with E-state index in [1.54, 1.807) is 25.5 Å². The molecule has 0 aliphatic carbocycles. The standard InChI is InChI=1S/C29H26BrN3O3/c1-6-13-36-26-12-11-20(15-24(26)30)17-31-33-28(32-25-10-8-7-9-21(25)29(33)34)23-16-22(18(2)3)27(35-5)14-19(23)4/h1,7-12,14-18H,13H2,2-5H3. The van der Waals surface area contributed by atoms with Gasteiger partial charge in [0.15, 0.2) is 5.82 Å². The summed E-state index contributed by atoms with van der Waals surface area (Å²) in [6.07, 6.45) is 6.90. The van der Waals surface area contributed by atoms with Gasteiger partial charge < -0.3 is 9.47 Å². The number of aromatic nitrogens is 2. The van der Waals surface area contributed by atoms with Crippen molar-refractivity contribution in [2.45, 2.75) is 26.7 Å². The van der Waals surface area contributed by atoms with Gasteiger partial charge in [-0.2, -0.15) is 9.78 Å². The Labute approximate surface area is 218 Å². The van der Waals surface area contributed by atoms with Gasteiger partial charge >= 0.3 is 0 Å². The van der Waals surface area contributed by atoms with Crippen LogP contribution in [0.3, 0.4) is 0 Å². The number of nitrogens with zero attached hydrogens (tertiary/aromatic N) is 3. The highest BCUT2D eigenvalue weighted by atomic mass is 79.9. The summed E-state index contributed by atoms with van der Waals surface area (Å²) < 4.78 is 13.2. The lowest BCUT2D eigenvalue weighted by Crippen LogP contribution is -2.20. The third-order valence-corrected chi connectivity index (χ3v) is 6.40. The Kier molecular flexibility index (Phi) is 7.56. The van der Waals surface area contributed by atoms with Gasteiger partial charge in [-0.15, -0.1) is 6.42 Å². The van der Waals surface area contributed by atoms with Crippen LogP contribution in [-0.4, -0.2) is 29.6 Å². The average molecular weight is 544 g/mol. The monoisotopic (exact) mass is 543 g/mol. The summed E-state index contributed by atoms with van der Waals surface area (Å²) in [4.78, 5) is 18.4. The molecule has 1 heterocycles. The van der Waals surface area contributed by atoms with E-state index in [0.29, 0.717) is 22.5 Å². The van der Waals surface area contributed by atoms with Gasteiger partial charge in [-0.05, 0) is 87.9 Å². The van der Waals surface area contributed by atoms with Crippen LogP contribution in [0.4, 0.5) is 0 Å². The molecule has 0 aliphatic rings. The summed E-state index contributed by atoms with van der Waals surface area (Å²) in [6.45, 7) is 6.35. The molecule has 3 aromatic carbocycles. The van der Waals surface area contributed by atoms with Crippen LogP contribution in [0.15, 0.2) is 69.0 Å². The van der Waals surface area contributed by atoms with Crippen LogP contribution < -0.4 is 15.0 Å². The Hall–Kier alpha value is -3.89. The van der Waals surface area contributed by atoms with E-state index in [0.717, 1.165) is 32.5 Å². The fraction of sp³-hybridized carbons (Fsp3) is 0.207. The molecule has 7 heteroatoms. The Bertz CT molecular complexity index is 1570. The fourth-order valence-electron chi connectivity index (χ4n) is 3.93. The molecule has 0 fully saturated rings. The molecule has 0 amide bonds. The number of hydrogen-bond acceptors (Lipinski definition) is 5. The van der Waals surface area contributed by atoms with E-state index in [-0.39, 0.29) is 18.1 Å². The third kappa shape index (κ3) is 5.05.